The minimum Gasteiger partial charge on any atom is -0.490 e. The maximum atomic E-state index is 13.7. The zero-order valence-corrected chi connectivity index (χ0v) is 11.5. The quantitative estimate of drug-likeness (QED) is 0.592. The van der Waals surface area contributed by atoms with Gasteiger partial charge in [-0.2, -0.15) is 0 Å². The first-order valence-electron chi connectivity index (χ1n) is 5.86. The van der Waals surface area contributed by atoms with Crippen molar-refractivity contribution in [3.05, 3.63) is 29.3 Å². The van der Waals surface area contributed by atoms with E-state index in [1.807, 2.05) is 0 Å². The van der Waals surface area contributed by atoms with Gasteiger partial charge in [-0.25, -0.2) is 8.78 Å². The van der Waals surface area contributed by atoms with Gasteiger partial charge in [-0.3, -0.25) is 0 Å². The van der Waals surface area contributed by atoms with E-state index < -0.39 is 16.0 Å². The lowest BCUT2D eigenvalue weighted by molar-refractivity contribution is -0.107. The summed E-state index contributed by atoms with van der Waals surface area (Å²) in [5.74, 6) is -1.47. The number of aryl methyl sites for hydroxylation is 1. The molecule has 6 heteroatoms. The fourth-order valence-corrected chi connectivity index (χ4v) is 2.23. The van der Waals surface area contributed by atoms with Crippen LogP contribution >= 0.6 is 23.2 Å². The second-order valence-electron chi connectivity index (χ2n) is 4.55. The van der Waals surface area contributed by atoms with E-state index in [1.165, 1.54) is 0 Å². The molecule has 0 N–H and O–H groups in total. The molecule has 1 fully saturated rings. The highest BCUT2D eigenvalue weighted by atomic mass is 35.5. The van der Waals surface area contributed by atoms with Crippen molar-refractivity contribution in [2.75, 3.05) is 6.61 Å². The first-order valence-corrected chi connectivity index (χ1v) is 6.62. The Bertz CT molecular complexity index is 492. The first-order chi connectivity index (χ1) is 8.94. The van der Waals surface area contributed by atoms with Gasteiger partial charge in [0.05, 0.1) is 6.61 Å². The van der Waals surface area contributed by atoms with Crippen LogP contribution in [0.2, 0.25) is 0 Å². The van der Waals surface area contributed by atoms with Gasteiger partial charge in [0.15, 0.2) is 11.6 Å². The van der Waals surface area contributed by atoms with Crippen LogP contribution in [0.1, 0.15) is 18.4 Å². The largest absolute Gasteiger partial charge is 0.490 e. The molecular weight excluding hydrogens is 297 g/mol. The molecule has 1 unspecified atom stereocenters. The summed E-state index contributed by atoms with van der Waals surface area (Å²) in [7, 11) is 0. The Morgan fingerprint density at radius 3 is 2.63 bits per heavy atom. The Morgan fingerprint density at radius 1 is 1.37 bits per heavy atom. The van der Waals surface area contributed by atoms with Gasteiger partial charge in [0.2, 0.25) is 0 Å². The molecule has 0 spiro atoms. The standard InChI is InChI=1S/C13H12Cl2F2O2/c14-13(15)6-9(13)7-19-12-5-10(16)8(2-1-3-18)4-11(12)17/h3-5,9H,1-2,6-7H2. The molecule has 1 aromatic rings. The highest BCUT2D eigenvalue weighted by Crippen LogP contribution is 2.53. The lowest BCUT2D eigenvalue weighted by atomic mass is 10.1. The molecule has 0 saturated heterocycles. The van der Waals surface area contributed by atoms with Crippen molar-refractivity contribution in [1.82, 2.24) is 0 Å². The van der Waals surface area contributed by atoms with Gasteiger partial charge in [-0.15, -0.1) is 23.2 Å². The third-order valence-corrected chi connectivity index (χ3v) is 3.95. The Labute approximate surface area is 119 Å². The number of alkyl halides is 2. The van der Waals surface area contributed by atoms with E-state index in [-0.39, 0.29) is 36.7 Å². The summed E-state index contributed by atoms with van der Waals surface area (Å²) in [5, 5.41) is 0. The van der Waals surface area contributed by atoms with Crippen LogP contribution in [-0.2, 0) is 11.2 Å². The summed E-state index contributed by atoms with van der Waals surface area (Å²) < 4.78 is 31.7. The summed E-state index contributed by atoms with van der Waals surface area (Å²) >= 11 is 11.6. The van der Waals surface area contributed by atoms with E-state index in [4.69, 9.17) is 27.9 Å². The zero-order chi connectivity index (χ0) is 14.0. The molecule has 0 aromatic heterocycles. The topological polar surface area (TPSA) is 26.3 Å². The number of hydrogen-bond acceptors (Lipinski definition) is 2. The summed E-state index contributed by atoms with van der Waals surface area (Å²) in [4.78, 5) is 10.2. The minimum atomic E-state index is -0.807. The van der Waals surface area contributed by atoms with Crippen molar-refractivity contribution in [3.8, 4) is 5.75 Å². The molecule has 104 valence electrons. The van der Waals surface area contributed by atoms with Crippen LogP contribution in [0.4, 0.5) is 8.78 Å². The maximum absolute atomic E-state index is 13.7. The van der Waals surface area contributed by atoms with Gasteiger partial charge in [-0.05, 0) is 24.5 Å². The number of halogens is 4. The zero-order valence-electron chi connectivity index (χ0n) is 9.97. The fourth-order valence-electron chi connectivity index (χ4n) is 1.73. The monoisotopic (exact) mass is 308 g/mol. The Hall–Kier alpha value is -0.870. The number of rotatable bonds is 6. The van der Waals surface area contributed by atoms with Crippen LogP contribution in [0.25, 0.3) is 0 Å². The molecule has 1 atom stereocenters. The fraction of sp³-hybridized carbons (Fsp3) is 0.462. The molecule has 2 rings (SSSR count). The number of benzene rings is 1. The van der Waals surface area contributed by atoms with Crippen LogP contribution in [-0.4, -0.2) is 17.2 Å². The van der Waals surface area contributed by atoms with E-state index >= 15 is 0 Å². The lowest BCUT2D eigenvalue weighted by Crippen LogP contribution is -2.06. The van der Waals surface area contributed by atoms with Gasteiger partial charge >= 0.3 is 0 Å². The van der Waals surface area contributed by atoms with Crippen LogP contribution in [0.15, 0.2) is 12.1 Å². The van der Waals surface area contributed by atoms with Crippen LogP contribution < -0.4 is 4.74 Å². The van der Waals surface area contributed by atoms with Crippen molar-refractivity contribution in [2.24, 2.45) is 5.92 Å². The minimum absolute atomic E-state index is 0.0620. The van der Waals surface area contributed by atoms with Crippen LogP contribution in [0.3, 0.4) is 0 Å². The van der Waals surface area contributed by atoms with Crippen molar-refractivity contribution < 1.29 is 18.3 Å². The van der Waals surface area contributed by atoms with Gasteiger partial charge in [-0.1, -0.05) is 0 Å². The average Bonchev–Trinajstić information content (AvgIpc) is 2.96. The van der Waals surface area contributed by atoms with Gasteiger partial charge in [0.25, 0.3) is 0 Å². The predicted molar refractivity (Wildman–Crippen MR) is 68.8 cm³/mol. The maximum Gasteiger partial charge on any atom is 0.165 e. The molecule has 19 heavy (non-hydrogen) atoms. The number of ether oxygens (including phenoxy) is 1. The van der Waals surface area contributed by atoms with Crippen LogP contribution in [0.5, 0.6) is 5.75 Å². The lowest BCUT2D eigenvalue weighted by Gasteiger charge is -2.09. The number of hydrogen-bond donors (Lipinski definition) is 0. The van der Waals surface area contributed by atoms with Gasteiger partial charge in [0.1, 0.15) is 16.4 Å². The predicted octanol–water partition coefficient (Wildman–Crippen LogP) is 3.67. The average molecular weight is 309 g/mol. The SMILES string of the molecule is O=CCCc1cc(F)c(OCC2CC2(Cl)Cl)cc1F. The molecule has 1 aromatic carbocycles. The molecule has 0 heterocycles. The highest BCUT2D eigenvalue weighted by molar-refractivity contribution is 6.50. The van der Waals surface area contributed by atoms with Crippen molar-refractivity contribution in [1.29, 1.82) is 0 Å². The molecule has 1 saturated carbocycles. The van der Waals surface area contributed by atoms with E-state index in [0.29, 0.717) is 12.7 Å². The van der Waals surface area contributed by atoms with Gasteiger partial charge in [0, 0.05) is 18.4 Å². The first kappa shape index (κ1) is 14.5. The summed E-state index contributed by atoms with van der Waals surface area (Å²) in [6, 6.07) is 2.04. The molecule has 0 amide bonds. The molecular formula is C13H12Cl2F2O2. The molecule has 0 bridgehead atoms. The highest BCUT2D eigenvalue weighted by Gasteiger charge is 2.52. The Morgan fingerprint density at radius 2 is 2.05 bits per heavy atom. The van der Waals surface area contributed by atoms with Gasteiger partial charge < -0.3 is 9.53 Å². The summed E-state index contributed by atoms with van der Waals surface area (Å²) in [6.07, 6.45) is 1.56. The molecule has 0 aliphatic heterocycles. The van der Waals surface area contributed by atoms with Crippen molar-refractivity contribution in [3.63, 3.8) is 0 Å². The number of carbonyl (C=O) groups is 1. The van der Waals surface area contributed by atoms with Crippen molar-refractivity contribution in [2.45, 2.75) is 23.6 Å². The third kappa shape index (κ3) is 3.57. The molecule has 1 aliphatic rings. The van der Waals surface area contributed by atoms with Crippen molar-refractivity contribution >= 4 is 29.5 Å². The molecule has 1 aliphatic carbocycles. The Balaban J connectivity index is 2.01. The molecule has 2 nitrogen and oxygen atoms in total. The van der Waals surface area contributed by atoms with E-state index in [2.05, 4.69) is 0 Å². The van der Waals surface area contributed by atoms with Crippen LogP contribution in [0, 0.1) is 17.6 Å². The smallest absolute Gasteiger partial charge is 0.165 e. The summed E-state index contributed by atoms with van der Waals surface area (Å²) in [6.45, 7) is 0.150. The normalized spacial score (nSPS) is 20.1. The third-order valence-electron chi connectivity index (χ3n) is 3.03. The summed E-state index contributed by atoms with van der Waals surface area (Å²) in [5.41, 5.74) is 0.160. The van der Waals surface area contributed by atoms with E-state index in [0.717, 1.165) is 12.1 Å². The van der Waals surface area contributed by atoms with E-state index in [1.54, 1.807) is 0 Å². The Kier molecular flexibility index (Phi) is 4.31. The second-order valence-corrected chi connectivity index (χ2v) is 6.09. The number of aldehydes is 1. The molecule has 0 radical (unpaired) electrons. The van der Waals surface area contributed by atoms with E-state index in [9.17, 15) is 13.6 Å². The second kappa shape index (κ2) is 5.63. The number of carbonyl (C=O) groups excluding carboxylic acids is 1.